The van der Waals surface area contributed by atoms with Gasteiger partial charge in [0.2, 0.25) is 5.91 Å². The largest absolute Gasteiger partial charge is 0.326 e. The summed E-state index contributed by atoms with van der Waals surface area (Å²) in [6.07, 6.45) is 1.59. The quantitative estimate of drug-likeness (QED) is 0.596. The maximum atomic E-state index is 12.6. The molecule has 9 heteroatoms. The van der Waals surface area contributed by atoms with E-state index in [1.807, 2.05) is 27.7 Å². The maximum Gasteiger partial charge on any atom is 0.273 e. The number of aromatic nitrogens is 4. The van der Waals surface area contributed by atoms with Crippen LogP contribution in [0.15, 0.2) is 36.5 Å². The number of nitrogens with zero attached hydrogens (tertiary/aromatic N) is 4. The number of carbonyl (C=O) groups excluding carboxylic acids is 2. The highest BCUT2D eigenvalue weighted by atomic mass is 35.5. The van der Waals surface area contributed by atoms with E-state index in [0.717, 1.165) is 11.4 Å². The summed E-state index contributed by atoms with van der Waals surface area (Å²) in [7, 11) is 0. The van der Waals surface area contributed by atoms with Crippen molar-refractivity contribution in [3.63, 3.8) is 0 Å². The molecule has 0 bridgehead atoms. The number of amides is 2. The van der Waals surface area contributed by atoms with Gasteiger partial charge >= 0.3 is 0 Å². The van der Waals surface area contributed by atoms with Gasteiger partial charge in [-0.25, -0.2) is 0 Å². The number of halogens is 1. The highest BCUT2D eigenvalue weighted by Gasteiger charge is 2.18. The number of rotatable bonds is 7. The summed E-state index contributed by atoms with van der Waals surface area (Å²) in [5.41, 5.74) is 3.24. The standard InChI is InChI=1S/C21H25ClN6O2/c1-5-27-18(9-10-23-27)21(30)25-17-8-6-7-16(11-17)24-20(29)13(2)12-28-15(4)19(22)14(3)26-28/h6-11,13H,5,12H2,1-4H3,(H,24,29)(H,25,30). The summed E-state index contributed by atoms with van der Waals surface area (Å²) in [4.78, 5) is 25.1. The molecule has 0 aliphatic rings. The molecule has 0 spiro atoms. The molecule has 3 rings (SSSR count). The fourth-order valence-corrected chi connectivity index (χ4v) is 3.24. The van der Waals surface area contributed by atoms with Crippen molar-refractivity contribution in [2.24, 2.45) is 5.92 Å². The molecule has 2 heterocycles. The molecule has 0 aliphatic heterocycles. The van der Waals surface area contributed by atoms with Crippen LogP contribution < -0.4 is 10.6 Å². The van der Waals surface area contributed by atoms with Gasteiger partial charge in [0.15, 0.2) is 0 Å². The second-order valence-electron chi connectivity index (χ2n) is 7.12. The Bertz CT molecular complexity index is 1070. The second kappa shape index (κ2) is 9.13. The zero-order chi connectivity index (χ0) is 21.8. The normalized spacial score (nSPS) is 11.9. The van der Waals surface area contributed by atoms with E-state index in [-0.39, 0.29) is 17.7 Å². The van der Waals surface area contributed by atoms with Crippen molar-refractivity contribution >= 4 is 34.8 Å². The topological polar surface area (TPSA) is 93.8 Å². The Labute approximate surface area is 180 Å². The third kappa shape index (κ3) is 4.71. The lowest BCUT2D eigenvalue weighted by molar-refractivity contribution is -0.119. The van der Waals surface area contributed by atoms with Crippen LogP contribution in [-0.2, 0) is 17.9 Å². The molecule has 2 amide bonds. The number of carbonyl (C=O) groups is 2. The summed E-state index contributed by atoms with van der Waals surface area (Å²) >= 11 is 6.18. The molecular formula is C21H25ClN6O2. The molecule has 158 valence electrons. The Morgan fingerprint density at radius 2 is 1.83 bits per heavy atom. The molecule has 0 saturated heterocycles. The van der Waals surface area contributed by atoms with Gasteiger partial charge < -0.3 is 10.6 Å². The highest BCUT2D eigenvalue weighted by molar-refractivity contribution is 6.31. The summed E-state index contributed by atoms with van der Waals surface area (Å²) < 4.78 is 3.36. The van der Waals surface area contributed by atoms with Crippen molar-refractivity contribution in [3.8, 4) is 0 Å². The molecule has 8 nitrogen and oxygen atoms in total. The van der Waals surface area contributed by atoms with Crippen LogP contribution >= 0.6 is 11.6 Å². The average molecular weight is 429 g/mol. The molecule has 1 atom stereocenters. The van der Waals surface area contributed by atoms with Crippen LogP contribution in [0.1, 0.15) is 35.7 Å². The summed E-state index contributed by atoms with van der Waals surface area (Å²) in [5, 5.41) is 14.8. The fraction of sp³-hybridized carbons (Fsp3) is 0.333. The van der Waals surface area contributed by atoms with Gasteiger partial charge in [0.05, 0.1) is 28.9 Å². The molecule has 0 aliphatic carbocycles. The fourth-order valence-electron chi connectivity index (χ4n) is 3.11. The maximum absolute atomic E-state index is 12.6. The molecule has 30 heavy (non-hydrogen) atoms. The highest BCUT2D eigenvalue weighted by Crippen LogP contribution is 2.21. The minimum Gasteiger partial charge on any atom is -0.326 e. The number of nitrogens with one attached hydrogen (secondary N) is 2. The number of anilines is 2. The Balaban J connectivity index is 1.64. The van der Waals surface area contributed by atoms with Crippen LogP contribution in [0.25, 0.3) is 0 Å². The zero-order valence-electron chi connectivity index (χ0n) is 17.4. The third-order valence-electron chi connectivity index (χ3n) is 4.82. The summed E-state index contributed by atoms with van der Waals surface area (Å²) in [6, 6.07) is 8.69. The van der Waals surface area contributed by atoms with Crippen molar-refractivity contribution in [1.82, 2.24) is 19.6 Å². The molecule has 3 aromatic rings. The zero-order valence-corrected chi connectivity index (χ0v) is 18.2. The predicted molar refractivity (Wildman–Crippen MR) is 117 cm³/mol. The van der Waals surface area contributed by atoms with Crippen molar-refractivity contribution in [2.75, 3.05) is 10.6 Å². The van der Waals surface area contributed by atoms with E-state index in [1.54, 1.807) is 45.9 Å². The Morgan fingerprint density at radius 1 is 1.13 bits per heavy atom. The van der Waals surface area contributed by atoms with E-state index in [4.69, 9.17) is 11.6 Å². The molecule has 0 radical (unpaired) electrons. The minimum absolute atomic E-state index is 0.147. The molecular weight excluding hydrogens is 404 g/mol. The predicted octanol–water partition coefficient (Wildman–Crippen LogP) is 3.90. The van der Waals surface area contributed by atoms with Gasteiger partial charge in [0.1, 0.15) is 5.69 Å². The van der Waals surface area contributed by atoms with Gasteiger partial charge in [0.25, 0.3) is 5.91 Å². The van der Waals surface area contributed by atoms with Crippen LogP contribution in [0.3, 0.4) is 0 Å². The summed E-state index contributed by atoms with van der Waals surface area (Å²) in [5.74, 6) is -0.727. The molecule has 2 N–H and O–H groups in total. The van der Waals surface area contributed by atoms with Gasteiger partial charge in [-0.2, -0.15) is 10.2 Å². The first-order valence-corrected chi connectivity index (χ1v) is 10.1. The van der Waals surface area contributed by atoms with E-state index in [9.17, 15) is 9.59 Å². The first-order chi connectivity index (χ1) is 14.3. The van der Waals surface area contributed by atoms with E-state index >= 15 is 0 Å². The van der Waals surface area contributed by atoms with Crippen molar-refractivity contribution < 1.29 is 9.59 Å². The van der Waals surface area contributed by atoms with Crippen molar-refractivity contribution in [1.29, 1.82) is 0 Å². The molecule has 2 aromatic heterocycles. The van der Waals surface area contributed by atoms with Gasteiger partial charge in [-0.3, -0.25) is 19.0 Å². The number of hydrogen-bond acceptors (Lipinski definition) is 4. The van der Waals surface area contributed by atoms with E-state index < -0.39 is 0 Å². The molecule has 0 saturated carbocycles. The first-order valence-electron chi connectivity index (χ1n) is 9.73. The SMILES string of the molecule is CCn1nccc1C(=O)Nc1cccc(NC(=O)C(C)Cn2nc(C)c(Cl)c2C)c1. The average Bonchev–Trinajstić information content (AvgIpc) is 3.29. The number of benzene rings is 1. The van der Waals surface area contributed by atoms with Gasteiger partial charge in [-0.15, -0.1) is 0 Å². The van der Waals surface area contributed by atoms with Gasteiger partial charge in [-0.1, -0.05) is 24.6 Å². The monoisotopic (exact) mass is 428 g/mol. The van der Waals surface area contributed by atoms with Crippen molar-refractivity contribution in [3.05, 3.63) is 58.6 Å². The van der Waals surface area contributed by atoms with Gasteiger partial charge in [0, 0.05) is 24.1 Å². The van der Waals surface area contributed by atoms with Crippen LogP contribution in [0, 0.1) is 19.8 Å². The van der Waals surface area contributed by atoms with Crippen LogP contribution in [0.2, 0.25) is 5.02 Å². The van der Waals surface area contributed by atoms with Crippen LogP contribution in [0.4, 0.5) is 11.4 Å². The third-order valence-corrected chi connectivity index (χ3v) is 5.37. The number of aryl methyl sites for hydroxylation is 2. The lowest BCUT2D eigenvalue weighted by atomic mass is 10.1. The minimum atomic E-state index is -0.323. The lowest BCUT2D eigenvalue weighted by Crippen LogP contribution is -2.25. The van der Waals surface area contributed by atoms with Crippen molar-refractivity contribution in [2.45, 2.75) is 40.8 Å². The number of hydrogen-bond donors (Lipinski definition) is 2. The Hall–Kier alpha value is -3.13. The van der Waals surface area contributed by atoms with E-state index in [0.29, 0.717) is 35.2 Å². The second-order valence-corrected chi connectivity index (χ2v) is 7.50. The van der Waals surface area contributed by atoms with E-state index in [2.05, 4.69) is 20.8 Å². The van der Waals surface area contributed by atoms with Gasteiger partial charge in [-0.05, 0) is 45.0 Å². The first kappa shape index (κ1) is 21.6. The Morgan fingerprint density at radius 3 is 2.47 bits per heavy atom. The van der Waals surface area contributed by atoms with Crippen LogP contribution in [-0.4, -0.2) is 31.4 Å². The molecule has 0 fully saturated rings. The molecule has 1 aromatic carbocycles. The summed E-state index contributed by atoms with van der Waals surface area (Å²) in [6.45, 7) is 8.48. The smallest absolute Gasteiger partial charge is 0.273 e. The molecule has 1 unspecified atom stereocenters. The Kier molecular flexibility index (Phi) is 6.56. The van der Waals surface area contributed by atoms with Crippen LogP contribution in [0.5, 0.6) is 0 Å². The lowest BCUT2D eigenvalue weighted by Gasteiger charge is -2.14. The van der Waals surface area contributed by atoms with E-state index in [1.165, 1.54) is 0 Å².